The first-order valence-corrected chi connectivity index (χ1v) is 6.62. The van der Waals surface area contributed by atoms with Crippen molar-refractivity contribution in [2.75, 3.05) is 0 Å². The number of halogens is 1. The molecule has 88 valence electrons. The maximum Gasteiger partial charge on any atom is 0.225 e. The van der Waals surface area contributed by atoms with Crippen LogP contribution < -0.4 is 11.1 Å². The number of thiophene rings is 1. The predicted octanol–water partition coefficient (Wildman–Crippen LogP) is 1.94. The van der Waals surface area contributed by atoms with Crippen LogP contribution in [0.25, 0.3) is 0 Å². The number of carbonyl (C=O) groups excluding carboxylic acids is 1. The van der Waals surface area contributed by atoms with E-state index in [1.54, 1.807) is 0 Å². The quantitative estimate of drug-likeness (QED) is 0.871. The maximum atomic E-state index is 11.7. The van der Waals surface area contributed by atoms with Crippen LogP contribution >= 0.6 is 22.9 Å². The topological polar surface area (TPSA) is 55.1 Å². The molecule has 3 nitrogen and oxygen atoms in total. The second kappa shape index (κ2) is 5.17. The van der Waals surface area contributed by atoms with Crippen LogP contribution in [0.2, 0.25) is 4.34 Å². The molecule has 5 heteroatoms. The van der Waals surface area contributed by atoms with Gasteiger partial charge in [-0.15, -0.1) is 11.3 Å². The Kier molecular flexibility index (Phi) is 3.84. The van der Waals surface area contributed by atoms with Gasteiger partial charge >= 0.3 is 0 Å². The fraction of sp³-hybridized carbons (Fsp3) is 0.545. The molecule has 2 rings (SSSR count). The highest BCUT2D eigenvalue weighted by Gasteiger charge is 2.23. The van der Waals surface area contributed by atoms with E-state index in [0.29, 0.717) is 6.42 Å². The van der Waals surface area contributed by atoms with Crippen LogP contribution in [-0.4, -0.2) is 18.0 Å². The molecule has 3 N–H and O–H groups in total. The first-order valence-electron chi connectivity index (χ1n) is 5.42. The second-order valence-electron chi connectivity index (χ2n) is 4.22. The average molecular weight is 259 g/mol. The molecule has 1 aliphatic carbocycles. The Hall–Kier alpha value is -0.580. The van der Waals surface area contributed by atoms with Crippen molar-refractivity contribution in [2.24, 2.45) is 5.73 Å². The first kappa shape index (κ1) is 11.9. The van der Waals surface area contributed by atoms with Crippen molar-refractivity contribution in [1.29, 1.82) is 0 Å². The lowest BCUT2D eigenvalue weighted by Gasteiger charge is -2.11. The summed E-state index contributed by atoms with van der Waals surface area (Å²) in [6, 6.07) is 4.23. The van der Waals surface area contributed by atoms with Gasteiger partial charge in [0.1, 0.15) is 0 Å². The number of nitrogens with one attached hydrogen (secondary N) is 1. The van der Waals surface area contributed by atoms with Crippen LogP contribution in [0.15, 0.2) is 12.1 Å². The van der Waals surface area contributed by atoms with Crippen molar-refractivity contribution in [2.45, 2.75) is 37.8 Å². The Labute approximate surface area is 104 Å². The third kappa shape index (κ3) is 3.20. The van der Waals surface area contributed by atoms with Crippen LogP contribution in [0.3, 0.4) is 0 Å². The zero-order valence-corrected chi connectivity index (χ0v) is 10.5. The van der Waals surface area contributed by atoms with Crippen molar-refractivity contribution >= 4 is 28.8 Å². The molecule has 1 saturated carbocycles. The molecule has 1 heterocycles. The minimum atomic E-state index is 0.0672. The van der Waals surface area contributed by atoms with E-state index in [1.807, 2.05) is 12.1 Å². The van der Waals surface area contributed by atoms with Gasteiger partial charge in [-0.1, -0.05) is 11.6 Å². The summed E-state index contributed by atoms with van der Waals surface area (Å²) in [5.41, 5.74) is 5.79. The van der Waals surface area contributed by atoms with Crippen LogP contribution in [0, 0.1) is 0 Å². The molecule has 16 heavy (non-hydrogen) atoms. The molecule has 1 fully saturated rings. The average Bonchev–Trinajstić information content (AvgIpc) is 2.76. The van der Waals surface area contributed by atoms with Gasteiger partial charge in [0.25, 0.3) is 0 Å². The van der Waals surface area contributed by atoms with Crippen molar-refractivity contribution in [3.05, 3.63) is 21.3 Å². The van der Waals surface area contributed by atoms with Gasteiger partial charge in [-0.3, -0.25) is 4.79 Å². The smallest absolute Gasteiger partial charge is 0.225 e. The highest BCUT2D eigenvalue weighted by molar-refractivity contribution is 7.16. The molecule has 2 atom stereocenters. The van der Waals surface area contributed by atoms with Gasteiger partial charge in [-0.2, -0.15) is 0 Å². The number of amides is 1. The molecular formula is C11H15ClN2OS. The van der Waals surface area contributed by atoms with Crippen molar-refractivity contribution in [1.82, 2.24) is 5.32 Å². The Balaban J connectivity index is 1.80. The number of carbonyl (C=O) groups is 1. The fourth-order valence-electron chi connectivity index (χ4n) is 2.03. The summed E-state index contributed by atoms with van der Waals surface area (Å²) < 4.78 is 0.727. The number of rotatable bonds is 3. The molecule has 0 aliphatic heterocycles. The molecule has 1 aromatic heterocycles. The summed E-state index contributed by atoms with van der Waals surface area (Å²) in [7, 11) is 0. The zero-order valence-electron chi connectivity index (χ0n) is 8.91. The summed E-state index contributed by atoms with van der Waals surface area (Å²) in [5.74, 6) is 0.0672. The van der Waals surface area contributed by atoms with E-state index in [1.165, 1.54) is 11.3 Å². The van der Waals surface area contributed by atoms with Crippen molar-refractivity contribution in [3.8, 4) is 0 Å². The predicted molar refractivity (Wildman–Crippen MR) is 66.8 cm³/mol. The van der Waals surface area contributed by atoms with E-state index in [0.717, 1.165) is 28.5 Å². The molecule has 0 spiro atoms. The Morgan fingerprint density at radius 3 is 2.94 bits per heavy atom. The van der Waals surface area contributed by atoms with E-state index >= 15 is 0 Å². The minimum Gasteiger partial charge on any atom is -0.353 e. The molecule has 1 aliphatic rings. The lowest BCUT2D eigenvalue weighted by Crippen LogP contribution is -2.34. The molecule has 0 radical (unpaired) electrons. The SMILES string of the molecule is NC1CCC(NC(=O)Cc2ccc(Cl)s2)C1. The molecule has 0 bridgehead atoms. The van der Waals surface area contributed by atoms with E-state index in [9.17, 15) is 4.79 Å². The number of nitrogens with two attached hydrogens (primary N) is 1. The largest absolute Gasteiger partial charge is 0.353 e. The Morgan fingerprint density at radius 2 is 2.38 bits per heavy atom. The highest BCUT2D eigenvalue weighted by Crippen LogP contribution is 2.22. The molecule has 2 unspecified atom stereocenters. The van der Waals surface area contributed by atoms with Crippen LogP contribution in [-0.2, 0) is 11.2 Å². The van der Waals surface area contributed by atoms with Gasteiger partial charge in [0.15, 0.2) is 0 Å². The molecule has 1 amide bonds. The monoisotopic (exact) mass is 258 g/mol. The standard InChI is InChI=1S/C11H15ClN2OS/c12-10-4-3-9(16-10)6-11(15)14-8-2-1-7(13)5-8/h3-4,7-8H,1-2,5-6,13H2,(H,14,15). The molecule has 0 saturated heterocycles. The van der Waals surface area contributed by atoms with E-state index < -0.39 is 0 Å². The molecule has 0 aromatic carbocycles. The Morgan fingerprint density at radius 1 is 1.56 bits per heavy atom. The maximum absolute atomic E-state index is 11.7. The fourth-order valence-corrected chi connectivity index (χ4v) is 3.12. The zero-order chi connectivity index (χ0) is 11.5. The van der Waals surface area contributed by atoms with Gasteiger partial charge in [-0.25, -0.2) is 0 Å². The van der Waals surface area contributed by atoms with Gasteiger partial charge in [0, 0.05) is 17.0 Å². The normalized spacial score (nSPS) is 24.6. The number of hydrogen-bond donors (Lipinski definition) is 2. The summed E-state index contributed by atoms with van der Waals surface area (Å²) in [6.45, 7) is 0. The molecule has 1 aromatic rings. The second-order valence-corrected chi connectivity index (χ2v) is 6.02. The molecular weight excluding hydrogens is 244 g/mol. The van der Waals surface area contributed by atoms with Gasteiger partial charge in [0.2, 0.25) is 5.91 Å². The van der Waals surface area contributed by atoms with Crippen LogP contribution in [0.5, 0.6) is 0 Å². The van der Waals surface area contributed by atoms with Crippen molar-refractivity contribution < 1.29 is 4.79 Å². The van der Waals surface area contributed by atoms with E-state index in [4.69, 9.17) is 17.3 Å². The van der Waals surface area contributed by atoms with Crippen LogP contribution in [0.4, 0.5) is 0 Å². The lowest BCUT2D eigenvalue weighted by atomic mass is 10.2. The minimum absolute atomic E-state index is 0.0672. The lowest BCUT2D eigenvalue weighted by molar-refractivity contribution is -0.121. The van der Waals surface area contributed by atoms with Gasteiger partial charge < -0.3 is 11.1 Å². The van der Waals surface area contributed by atoms with Gasteiger partial charge in [0.05, 0.1) is 10.8 Å². The first-order chi connectivity index (χ1) is 7.63. The van der Waals surface area contributed by atoms with Crippen molar-refractivity contribution in [3.63, 3.8) is 0 Å². The summed E-state index contributed by atoms with van der Waals surface area (Å²) in [5, 5.41) is 3.01. The number of hydrogen-bond acceptors (Lipinski definition) is 3. The Bertz CT molecular complexity index is 380. The van der Waals surface area contributed by atoms with Gasteiger partial charge in [-0.05, 0) is 31.4 Å². The highest BCUT2D eigenvalue weighted by atomic mass is 35.5. The van der Waals surface area contributed by atoms with E-state index in [2.05, 4.69) is 5.32 Å². The third-order valence-electron chi connectivity index (χ3n) is 2.80. The third-order valence-corrected chi connectivity index (χ3v) is 4.03. The van der Waals surface area contributed by atoms with Crippen LogP contribution in [0.1, 0.15) is 24.1 Å². The summed E-state index contributed by atoms with van der Waals surface area (Å²) in [4.78, 5) is 12.7. The van der Waals surface area contributed by atoms with E-state index in [-0.39, 0.29) is 18.0 Å². The summed E-state index contributed by atoms with van der Waals surface area (Å²) >= 11 is 7.26. The summed E-state index contributed by atoms with van der Waals surface area (Å²) in [6.07, 6.45) is 3.33.